The second kappa shape index (κ2) is 6.76. The van der Waals surface area contributed by atoms with Gasteiger partial charge in [-0.2, -0.15) is 9.97 Å². The second-order valence-electron chi connectivity index (χ2n) is 5.98. The smallest absolute Gasteiger partial charge is 0.353 e. The van der Waals surface area contributed by atoms with Crippen molar-refractivity contribution < 1.29 is 4.92 Å². The van der Waals surface area contributed by atoms with Gasteiger partial charge in [-0.25, -0.2) is 0 Å². The van der Waals surface area contributed by atoms with Gasteiger partial charge in [-0.1, -0.05) is 13.8 Å². The number of nitrogens with one attached hydrogen (secondary N) is 1. The first-order valence-electron chi connectivity index (χ1n) is 7.75. The maximum atomic E-state index is 11.3. The highest BCUT2D eigenvalue weighted by molar-refractivity contribution is 5.71. The lowest BCUT2D eigenvalue weighted by Crippen LogP contribution is -2.34. The summed E-state index contributed by atoms with van der Waals surface area (Å²) in [5, 5.41) is 14.5. The molecule has 1 atom stereocenters. The summed E-state index contributed by atoms with van der Waals surface area (Å²) in [6.45, 7) is 7.74. The third-order valence-electron chi connectivity index (χ3n) is 4.15. The van der Waals surface area contributed by atoms with Gasteiger partial charge in [0, 0.05) is 19.1 Å². The number of aromatic nitrogens is 2. The molecule has 0 aliphatic carbocycles. The summed E-state index contributed by atoms with van der Waals surface area (Å²) in [6.07, 6.45) is 2.89. The Kier molecular flexibility index (Phi) is 4.99. The van der Waals surface area contributed by atoms with Crippen LogP contribution in [-0.4, -0.2) is 34.0 Å². The molecule has 1 aromatic heterocycles. The van der Waals surface area contributed by atoms with E-state index in [1.54, 1.807) is 0 Å². The number of hydrogen-bond acceptors (Lipinski definition) is 7. The van der Waals surface area contributed by atoms with E-state index < -0.39 is 4.92 Å². The summed E-state index contributed by atoms with van der Waals surface area (Å²) in [7, 11) is 0. The summed E-state index contributed by atoms with van der Waals surface area (Å²) >= 11 is 0. The van der Waals surface area contributed by atoms with E-state index in [2.05, 4.69) is 22.2 Å². The zero-order valence-corrected chi connectivity index (χ0v) is 13.4. The lowest BCUT2D eigenvalue weighted by Gasteiger charge is -2.31. The van der Waals surface area contributed by atoms with Crippen LogP contribution in [0.2, 0.25) is 0 Å². The highest BCUT2D eigenvalue weighted by Gasteiger charge is 2.29. The number of anilines is 3. The van der Waals surface area contributed by atoms with Crippen molar-refractivity contribution in [2.45, 2.75) is 46.1 Å². The first kappa shape index (κ1) is 16.3. The van der Waals surface area contributed by atoms with Gasteiger partial charge >= 0.3 is 5.69 Å². The van der Waals surface area contributed by atoms with Crippen LogP contribution in [0.1, 0.15) is 40.0 Å². The number of nitro groups is 1. The van der Waals surface area contributed by atoms with Crippen LogP contribution in [0.4, 0.5) is 23.3 Å². The highest BCUT2D eigenvalue weighted by Crippen LogP contribution is 2.34. The van der Waals surface area contributed by atoms with Gasteiger partial charge in [0.05, 0.1) is 4.92 Å². The zero-order valence-electron chi connectivity index (χ0n) is 13.4. The van der Waals surface area contributed by atoms with Crippen LogP contribution in [-0.2, 0) is 0 Å². The largest absolute Gasteiger partial charge is 0.378 e. The van der Waals surface area contributed by atoms with Crippen LogP contribution < -0.4 is 16.0 Å². The number of piperidine rings is 1. The Labute approximate surface area is 130 Å². The molecule has 2 rings (SSSR count). The van der Waals surface area contributed by atoms with Crippen molar-refractivity contribution in [1.82, 2.24) is 9.97 Å². The van der Waals surface area contributed by atoms with E-state index in [9.17, 15) is 10.1 Å². The molecule has 8 heteroatoms. The molecule has 1 aliphatic heterocycles. The SMILES string of the molecule is CCC(C)Nc1nc(N)c([N+](=O)[O-])c(N2CCC(C)CC2)n1. The molecule has 2 heterocycles. The van der Waals surface area contributed by atoms with Gasteiger partial charge in [0.25, 0.3) is 0 Å². The van der Waals surface area contributed by atoms with E-state index in [1.807, 2.05) is 18.7 Å². The predicted molar refractivity (Wildman–Crippen MR) is 87.1 cm³/mol. The van der Waals surface area contributed by atoms with Crippen LogP contribution >= 0.6 is 0 Å². The van der Waals surface area contributed by atoms with Crippen LogP contribution in [0, 0.1) is 16.0 Å². The second-order valence-corrected chi connectivity index (χ2v) is 5.98. The minimum absolute atomic E-state index is 0.0839. The third-order valence-corrected chi connectivity index (χ3v) is 4.15. The van der Waals surface area contributed by atoms with Gasteiger partial charge in [0.2, 0.25) is 17.6 Å². The van der Waals surface area contributed by atoms with E-state index >= 15 is 0 Å². The van der Waals surface area contributed by atoms with Crippen molar-refractivity contribution in [3.63, 3.8) is 0 Å². The van der Waals surface area contributed by atoms with Crippen LogP contribution in [0.5, 0.6) is 0 Å². The Balaban J connectivity index is 2.37. The number of rotatable bonds is 5. The summed E-state index contributed by atoms with van der Waals surface area (Å²) in [5.41, 5.74) is 5.62. The number of nitrogens with zero attached hydrogens (tertiary/aromatic N) is 4. The van der Waals surface area contributed by atoms with E-state index in [-0.39, 0.29) is 17.5 Å². The van der Waals surface area contributed by atoms with Crippen molar-refractivity contribution in [3.05, 3.63) is 10.1 Å². The van der Waals surface area contributed by atoms with Crippen LogP contribution in [0.3, 0.4) is 0 Å². The molecule has 8 nitrogen and oxygen atoms in total. The standard InChI is InChI=1S/C14H24N6O2/c1-4-10(3)16-14-17-12(15)11(20(21)22)13(18-14)19-7-5-9(2)6-8-19/h9-10H,4-8H2,1-3H3,(H3,15,16,17,18). The van der Waals surface area contributed by atoms with E-state index in [1.165, 1.54) is 0 Å². The average Bonchev–Trinajstić information content (AvgIpc) is 2.46. The summed E-state index contributed by atoms with van der Waals surface area (Å²) in [5.74, 6) is 1.23. The predicted octanol–water partition coefficient (Wildman–Crippen LogP) is 2.41. The van der Waals surface area contributed by atoms with Crippen molar-refractivity contribution >= 4 is 23.3 Å². The fraction of sp³-hybridized carbons (Fsp3) is 0.714. The molecule has 22 heavy (non-hydrogen) atoms. The van der Waals surface area contributed by atoms with Gasteiger partial charge in [0.15, 0.2) is 0 Å². The first-order valence-corrected chi connectivity index (χ1v) is 7.75. The summed E-state index contributed by atoms with van der Waals surface area (Å²) < 4.78 is 0. The molecule has 1 saturated heterocycles. The molecule has 0 bridgehead atoms. The fourth-order valence-electron chi connectivity index (χ4n) is 2.46. The molecule has 3 N–H and O–H groups in total. The fourth-order valence-corrected chi connectivity index (χ4v) is 2.46. The number of nitrogens with two attached hydrogens (primary N) is 1. The number of nitrogen functional groups attached to an aromatic ring is 1. The molecule has 0 radical (unpaired) electrons. The minimum Gasteiger partial charge on any atom is -0.378 e. The van der Waals surface area contributed by atoms with Gasteiger partial charge in [-0.05, 0) is 32.1 Å². The molecule has 1 aliphatic rings. The average molecular weight is 308 g/mol. The first-order chi connectivity index (χ1) is 10.4. The lowest BCUT2D eigenvalue weighted by atomic mass is 9.99. The molecule has 0 spiro atoms. The van der Waals surface area contributed by atoms with Crippen LogP contribution in [0.25, 0.3) is 0 Å². The molecule has 1 fully saturated rings. The molecule has 0 aromatic carbocycles. The summed E-state index contributed by atoms with van der Waals surface area (Å²) in [6, 6.07) is 0.176. The Bertz CT molecular complexity index is 542. The Morgan fingerprint density at radius 3 is 2.64 bits per heavy atom. The lowest BCUT2D eigenvalue weighted by molar-refractivity contribution is -0.383. The van der Waals surface area contributed by atoms with E-state index in [0.29, 0.717) is 17.7 Å². The molecule has 0 saturated carbocycles. The maximum Gasteiger partial charge on any atom is 0.353 e. The van der Waals surface area contributed by atoms with Crippen molar-refractivity contribution in [1.29, 1.82) is 0 Å². The molecule has 1 aromatic rings. The molecule has 122 valence electrons. The molecule has 1 unspecified atom stereocenters. The monoisotopic (exact) mass is 308 g/mol. The van der Waals surface area contributed by atoms with Gasteiger partial charge < -0.3 is 16.0 Å². The Morgan fingerprint density at radius 1 is 1.45 bits per heavy atom. The van der Waals surface area contributed by atoms with E-state index in [4.69, 9.17) is 5.73 Å². The number of hydrogen-bond donors (Lipinski definition) is 2. The van der Waals surface area contributed by atoms with Crippen molar-refractivity contribution in [2.24, 2.45) is 5.92 Å². The normalized spacial score (nSPS) is 17.3. The highest BCUT2D eigenvalue weighted by atomic mass is 16.6. The van der Waals surface area contributed by atoms with Gasteiger partial charge in [-0.15, -0.1) is 0 Å². The van der Waals surface area contributed by atoms with E-state index in [0.717, 1.165) is 32.4 Å². The minimum atomic E-state index is -0.490. The Morgan fingerprint density at radius 2 is 2.09 bits per heavy atom. The molecular formula is C14H24N6O2. The molecule has 0 amide bonds. The third kappa shape index (κ3) is 3.55. The quantitative estimate of drug-likeness (QED) is 0.634. The van der Waals surface area contributed by atoms with Gasteiger partial charge in [0.1, 0.15) is 0 Å². The van der Waals surface area contributed by atoms with Crippen LogP contribution in [0.15, 0.2) is 0 Å². The van der Waals surface area contributed by atoms with Crippen molar-refractivity contribution in [3.8, 4) is 0 Å². The van der Waals surface area contributed by atoms with Gasteiger partial charge in [-0.3, -0.25) is 10.1 Å². The van der Waals surface area contributed by atoms with Crippen molar-refractivity contribution in [2.75, 3.05) is 29.0 Å². The topological polar surface area (TPSA) is 110 Å². The Hall–Kier alpha value is -2.12. The summed E-state index contributed by atoms with van der Waals surface area (Å²) in [4.78, 5) is 21.2. The molecular weight excluding hydrogens is 284 g/mol. The zero-order chi connectivity index (χ0) is 16.3. The maximum absolute atomic E-state index is 11.3.